The van der Waals surface area contributed by atoms with Crippen molar-refractivity contribution in [1.29, 1.82) is 0 Å². The second-order valence-corrected chi connectivity index (χ2v) is 3.49. The Kier molecular flexibility index (Phi) is 2.90. The van der Waals surface area contributed by atoms with Crippen molar-refractivity contribution >= 4 is 0 Å². The standard InChI is InChI=1S/C11H6F4N2O/c12-9-3-6(11(13,14)15)1-2-7(9)8-4-16-5-17-10(8)18/h1-5H,(H,16,17,18). The largest absolute Gasteiger partial charge is 0.416 e. The van der Waals surface area contributed by atoms with Gasteiger partial charge < -0.3 is 4.98 Å². The number of H-pyrrole nitrogens is 1. The van der Waals surface area contributed by atoms with E-state index in [1.54, 1.807) is 0 Å². The van der Waals surface area contributed by atoms with Crippen molar-refractivity contribution in [2.45, 2.75) is 6.18 Å². The van der Waals surface area contributed by atoms with Gasteiger partial charge in [0.05, 0.1) is 17.5 Å². The molecule has 2 rings (SSSR count). The molecule has 1 aromatic heterocycles. The number of benzene rings is 1. The zero-order chi connectivity index (χ0) is 13.3. The Morgan fingerprint density at radius 1 is 1.17 bits per heavy atom. The Morgan fingerprint density at radius 3 is 2.44 bits per heavy atom. The molecule has 0 aliphatic rings. The third-order valence-corrected chi connectivity index (χ3v) is 2.31. The molecule has 0 unspecified atom stereocenters. The highest BCUT2D eigenvalue weighted by atomic mass is 19.4. The number of aromatic amines is 1. The van der Waals surface area contributed by atoms with Crippen molar-refractivity contribution in [2.75, 3.05) is 0 Å². The lowest BCUT2D eigenvalue weighted by Crippen LogP contribution is -2.10. The van der Waals surface area contributed by atoms with E-state index < -0.39 is 23.1 Å². The average Bonchev–Trinajstić information content (AvgIpc) is 2.29. The zero-order valence-electron chi connectivity index (χ0n) is 8.75. The Morgan fingerprint density at radius 2 is 1.89 bits per heavy atom. The Balaban J connectivity index is 2.56. The lowest BCUT2D eigenvalue weighted by molar-refractivity contribution is -0.137. The summed E-state index contributed by atoms with van der Waals surface area (Å²) in [6.07, 6.45) is -2.43. The van der Waals surface area contributed by atoms with Crippen molar-refractivity contribution in [3.05, 3.63) is 52.5 Å². The van der Waals surface area contributed by atoms with Crippen LogP contribution in [-0.2, 0) is 6.18 Å². The fraction of sp³-hybridized carbons (Fsp3) is 0.0909. The number of nitrogens with one attached hydrogen (secondary N) is 1. The molecule has 1 aromatic carbocycles. The van der Waals surface area contributed by atoms with Crippen molar-refractivity contribution in [3.63, 3.8) is 0 Å². The minimum atomic E-state index is -4.62. The number of hydrogen-bond acceptors (Lipinski definition) is 2. The van der Waals surface area contributed by atoms with Crippen molar-refractivity contribution in [2.24, 2.45) is 0 Å². The number of halogens is 4. The molecule has 2 aromatic rings. The molecular weight excluding hydrogens is 252 g/mol. The Bertz CT molecular complexity index is 633. The third kappa shape index (κ3) is 2.24. The fourth-order valence-electron chi connectivity index (χ4n) is 1.45. The van der Waals surface area contributed by atoms with E-state index in [1.807, 2.05) is 0 Å². The van der Waals surface area contributed by atoms with E-state index in [0.717, 1.165) is 18.6 Å². The molecule has 1 N–H and O–H groups in total. The van der Waals surface area contributed by atoms with Gasteiger partial charge in [-0.1, -0.05) is 6.07 Å². The Labute approximate surface area is 98.1 Å². The molecule has 1 heterocycles. The molecule has 18 heavy (non-hydrogen) atoms. The highest BCUT2D eigenvalue weighted by Gasteiger charge is 2.31. The van der Waals surface area contributed by atoms with E-state index in [1.165, 1.54) is 0 Å². The monoisotopic (exact) mass is 258 g/mol. The van der Waals surface area contributed by atoms with E-state index in [0.29, 0.717) is 12.1 Å². The minimum absolute atomic E-state index is 0.122. The van der Waals surface area contributed by atoms with Gasteiger partial charge in [-0.15, -0.1) is 0 Å². The predicted octanol–water partition coefficient (Wildman–Crippen LogP) is 2.59. The molecule has 0 aliphatic heterocycles. The second-order valence-electron chi connectivity index (χ2n) is 3.49. The van der Waals surface area contributed by atoms with Crippen LogP contribution >= 0.6 is 0 Å². The molecule has 94 valence electrons. The molecule has 0 saturated heterocycles. The van der Waals surface area contributed by atoms with Crippen LogP contribution in [0.4, 0.5) is 17.6 Å². The minimum Gasteiger partial charge on any atom is -0.313 e. The smallest absolute Gasteiger partial charge is 0.313 e. The number of rotatable bonds is 1. The van der Waals surface area contributed by atoms with Gasteiger partial charge in [0.25, 0.3) is 5.56 Å². The van der Waals surface area contributed by atoms with Gasteiger partial charge in [0, 0.05) is 11.8 Å². The van der Waals surface area contributed by atoms with Crippen LogP contribution < -0.4 is 5.56 Å². The Hall–Kier alpha value is -2.18. The van der Waals surface area contributed by atoms with Crippen molar-refractivity contribution < 1.29 is 17.6 Å². The first-order valence-electron chi connectivity index (χ1n) is 4.79. The normalized spacial score (nSPS) is 11.6. The lowest BCUT2D eigenvalue weighted by atomic mass is 10.1. The van der Waals surface area contributed by atoms with Gasteiger partial charge in [-0.25, -0.2) is 9.37 Å². The number of aromatic nitrogens is 2. The van der Waals surface area contributed by atoms with Gasteiger partial charge in [0.15, 0.2) is 0 Å². The molecular formula is C11H6F4N2O. The first-order chi connectivity index (χ1) is 8.39. The number of hydrogen-bond donors (Lipinski definition) is 1. The first-order valence-corrected chi connectivity index (χ1v) is 4.79. The highest BCUT2D eigenvalue weighted by molar-refractivity contribution is 5.62. The molecule has 0 aliphatic carbocycles. The van der Waals surface area contributed by atoms with E-state index in [2.05, 4.69) is 9.97 Å². The summed E-state index contributed by atoms with van der Waals surface area (Å²) in [4.78, 5) is 17.2. The predicted molar refractivity (Wildman–Crippen MR) is 55.3 cm³/mol. The van der Waals surface area contributed by atoms with Gasteiger partial charge in [-0.3, -0.25) is 4.79 Å². The zero-order valence-corrected chi connectivity index (χ0v) is 8.75. The van der Waals surface area contributed by atoms with Crippen LogP contribution in [0.5, 0.6) is 0 Å². The molecule has 7 heteroatoms. The summed E-state index contributed by atoms with van der Waals surface area (Å²) < 4.78 is 50.6. The summed E-state index contributed by atoms with van der Waals surface area (Å²) in [5.41, 5.74) is -2.08. The van der Waals surface area contributed by atoms with Crippen molar-refractivity contribution in [1.82, 2.24) is 9.97 Å². The van der Waals surface area contributed by atoms with Crippen LogP contribution in [0.1, 0.15) is 5.56 Å². The average molecular weight is 258 g/mol. The maximum Gasteiger partial charge on any atom is 0.416 e. The van der Waals surface area contributed by atoms with E-state index in [-0.39, 0.29) is 11.1 Å². The van der Waals surface area contributed by atoms with Gasteiger partial charge in [-0.2, -0.15) is 13.2 Å². The number of alkyl halides is 3. The summed E-state index contributed by atoms with van der Waals surface area (Å²) in [6.45, 7) is 0. The van der Waals surface area contributed by atoms with Crippen LogP contribution in [0.3, 0.4) is 0 Å². The second kappa shape index (κ2) is 4.25. The van der Waals surface area contributed by atoms with Gasteiger partial charge in [0.1, 0.15) is 5.82 Å². The molecule has 3 nitrogen and oxygen atoms in total. The fourth-order valence-corrected chi connectivity index (χ4v) is 1.45. The topological polar surface area (TPSA) is 45.8 Å². The maximum absolute atomic E-state index is 13.6. The molecule has 0 atom stereocenters. The van der Waals surface area contributed by atoms with E-state index in [4.69, 9.17) is 0 Å². The molecule has 0 radical (unpaired) electrons. The summed E-state index contributed by atoms with van der Waals surface area (Å²) in [6, 6.07) is 1.97. The lowest BCUT2D eigenvalue weighted by Gasteiger charge is -2.08. The van der Waals surface area contributed by atoms with Crippen LogP contribution in [0, 0.1) is 5.82 Å². The van der Waals surface area contributed by atoms with Crippen LogP contribution in [0.2, 0.25) is 0 Å². The third-order valence-electron chi connectivity index (χ3n) is 2.31. The summed E-state index contributed by atoms with van der Waals surface area (Å²) in [5, 5.41) is 0. The SMILES string of the molecule is O=c1[nH]cncc1-c1ccc(C(F)(F)F)cc1F. The summed E-state index contributed by atoms with van der Waals surface area (Å²) >= 11 is 0. The number of nitrogens with zero attached hydrogens (tertiary/aromatic N) is 1. The highest BCUT2D eigenvalue weighted by Crippen LogP contribution is 2.31. The molecule has 0 saturated carbocycles. The molecule has 0 fully saturated rings. The van der Waals surface area contributed by atoms with Gasteiger partial charge in [0.2, 0.25) is 0 Å². The van der Waals surface area contributed by atoms with Crippen LogP contribution in [0.15, 0.2) is 35.5 Å². The van der Waals surface area contributed by atoms with E-state index >= 15 is 0 Å². The van der Waals surface area contributed by atoms with Crippen LogP contribution in [0.25, 0.3) is 11.1 Å². The van der Waals surface area contributed by atoms with Crippen LogP contribution in [-0.4, -0.2) is 9.97 Å². The quantitative estimate of drug-likeness (QED) is 0.799. The van der Waals surface area contributed by atoms with Gasteiger partial charge >= 0.3 is 6.18 Å². The van der Waals surface area contributed by atoms with Gasteiger partial charge in [-0.05, 0) is 12.1 Å². The summed E-state index contributed by atoms with van der Waals surface area (Å²) in [5.74, 6) is -1.12. The van der Waals surface area contributed by atoms with Crippen molar-refractivity contribution in [3.8, 4) is 11.1 Å². The summed E-state index contributed by atoms with van der Waals surface area (Å²) in [7, 11) is 0. The van der Waals surface area contributed by atoms with E-state index in [9.17, 15) is 22.4 Å². The maximum atomic E-state index is 13.6. The molecule has 0 amide bonds. The molecule has 0 bridgehead atoms. The first kappa shape index (κ1) is 12.3. The molecule has 0 spiro atoms.